The number of anilines is 1. The molecule has 30 heavy (non-hydrogen) atoms. The van der Waals surface area contributed by atoms with Crippen molar-refractivity contribution < 1.29 is 14.3 Å². The van der Waals surface area contributed by atoms with Crippen molar-refractivity contribution in [2.24, 2.45) is 0 Å². The van der Waals surface area contributed by atoms with Crippen LogP contribution in [0.3, 0.4) is 0 Å². The third-order valence-electron chi connectivity index (χ3n) is 6.95. The molecule has 1 aromatic rings. The van der Waals surface area contributed by atoms with E-state index < -0.39 is 0 Å². The van der Waals surface area contributed by atoms with Gasteiger partial charge in [-0.15, -0.1) is 0 Å². The van der Waals surface area contributed by atoms with Crippen molar-refractivity contribution >= 4 is 11.7 Å². The SMILES string of the molecule is CCCCOC(=O)c1ccc(N2CCC(OC3CCN(C4CCC4)CC3)CC2)cn1. The van der Waals surface area contributed by atoms with E-state index >= 15 is 0 Å². The van der Waals surface area contributed by atoms with Gasteiger partial charge in [-0.3, -0.25) is 0 Å². The molecule has 0 amide bonds. The number of carbonyl (C=O) groups excluding carboxylic acids is 1. The molecule has 0 spiro atoms. The van der Waals surface area contributed by atoms with Crippen molar-refractivity contribution in [3.63, 3.8) is 0 Å². The molecule has 2 saturated heterocycles. The molecule has 0 radical (unpaired) electrons. The molecule has 6 nitrogen and oxygen atoms in total. The number of hydrogen-bond acceptors (Lipinski definition) is 6. The van der Waals surface area contributed by atoms with Gasteiger partial charge in [0.2, 0.25) is 0 Å². The van der Waals surface area contributed by atoms with E-state index in [9.17, 15) is 4.79 Å². The molecule has 0 unspecified atom stereocenters. The summed E-state index contributed by atoms with van der Waals surface area (Å²) in [6, 6.07) is 4.63. The van der Waals surface area contributed by atoms with Gasteiger partial charge in [0.1, 0.15) is 5.69 Å². The van der Waals surface area contributed by atoms with Crippen LogP contribution >= 0.6 is 0 Å². The summed E-state index contributed by atoms with van der Waals surface area (Å²) in [7, 11) is 0. The van der Waals surface area contributed by atoms with Crippen LogP contribution in [-0.2, 0) is 9.47 Å². The Labute approximate surface area is 180 Å². The highest BCUT2D eigenvalue weighted by Crippen LogP contribution is 2.29. The molecule has 4 rings (SSSR count). The zero-order valence-corrected chi connectivity index (χ0v) is 18.4. The molecule has 3 heterocycles. The maximum atomic E-state index is 12.0. The Morgan fingerprint density at radius 1 is 1.03 bits per heavy atom. The molecular weight excluding hydrogens is 378 g/mol. The normalized spacial score (nSPS) is 22.1. The molecule has 3 fully saturated rings. The van der Waals surface area contributed by atoms with Crippen LogP contribution in [0.5, 0.6) is 0 Å². The van der Waals surface area contributed by atoms with Gasteiger partial charge in [0, 0.05) is 32.2 Å². The summed E-state index contributed by atoms with van der Waals surface area (Å²) in [6.45, 7) is 6.93. The quantitative estimate of drug-likeness (QED) is 0.472. The number of nitrogens with zero attached hydrogens (tertiary/aromatic N) is 3. The minimum atomic E-state index is -0.328. The van der Waals surface area contributed by atoms with Gasteiger partial charge in [0.05, 0.1) is 30.7 Å². The Bertz CT molecular complexity index is 661. The second-order valence-corrected chi connectivity index (χ2v) is 9.03. The van der Waals surface area contributed by atoms with E-state index in [1.165, 1.54) is 45.2 Å². The number of piperidine rings is 2. The molecule has 6 heteroatoms. The molecular formula is C24H37N3O3. The number of pyridine rings is 1. The maximum Gasteiger partial charge on any atom is 0.356 e. The monoisotopic (exact) mass is 415 g/mol. The summed E-state index contributed by atoms with van der Waals surface area (Å²) in [4.78, 5) is 21.4. The van der Waals surface area contributed by atoms with Gasteiger partial charge in [-0.25, -0.2) is 9.78 Å². The van der Waals surface area contributed by atoms with E-state index in [0.717, 1.165) is 50.5 Å². The third kappa shape index (κ3) is 5.52. The number of unbranched alkanes of at least 4 members (excludes halogenated alkanes) is 1. The van der Waals surface area contributed by atoms with E-state index in [2.05, 4.69) is 21.7 Å². The zero-order chi connectivity index (χ0) is 20.8. The third-order valence-corrected chi connectivity index (χ3v) is 6.95. The molecule has 1 aliphatic carbocycles. The Morgan fingerprint density at radius 2 is 1.73 bits per heavy atom. The average molecular weight is 416 g/mol. The van der Waals surface area contributed by atoms with Gasteiger partial charge in [-0.1, -0.05) is 19.8 Å². The number of ether oxygens (including phenoxy) is 2. The predicted octanol–water partition coefficient (Wildman–Crippen LogP) is 4.04. The van der Waals surface area contributed by atoms with Crippen LogP contribution in [0, 0.1) is 0 Å². The molecule has 166 valence electrons. The molecule has 0 atom stereocenters. The van der Waals surface area contributed by atoms with Crippen molar-refractivity contribution in [1.29, 1.82) is 0 Å². The average Bonchev–Trinajstić information content (AvgIpc) is 2.75. The van der Waals surface area contributed by atoms with E-state index in [0.29, 0.717) is 24.5 Å². The van der Waals surface area contributed by atoms with Gasteiger partial charge in [0.15, 0.2) is 0 Å². The highest BCUT2D eigenvalue weighted by Gasteiger charge is 2.30. The first-order valence-corrected chi connectivity index (χ1v) is 12.0. The largest absolute Gasteiger partial charge is 0.461 e. The van der Waals surface area contributed by atoms with Gasteiger partial charge >= 0.3 is 5.97 Å². The molecule has 1 saturated carbocycles. The van der Waals surface area contributed by atoms with Crippen molar-refractivity contribution in [3.05, 3.63) is 24.0 Å². The second kappa shape index (κ2) is 10.6. The lowest BCUT2D eigenvalue weighted by atomic mass is 9.89. The Balaban J connectivity index is 1.17. The lowest BCUT2D eigenvalue weighted by molar-refractivity contribution is -0.0598. The van der Waals surface area contributed by atoms with Crippen molar-refractivity contribution in [3.8, 4) is 0 Å². The molecule has 1 aromatic heterocycles. The number of carbonyl (C=O) groups is 1. The summed E-state index contributed by atoms with van der Waals surface area (Å²) in [5, 5.41) is 0. The molecule has 2 aliphatic heterocycles. The topological polar surface area (TPSA) is 54.9 Å². The van der Waals surface area contributed by atoms with Crippen LogP contribution < -0.4 is 4.90 Å². The predicted molar refractivity (Wildman–Crippen MR) is 118 cm³/mol. The minimum absolute atomic E-state index is 0.328. The van der Waals surface area contributed by atoms with Crippen LogP contribution in [-0.4, -0.2) is 66.9 Å². The number of likely N-dealkylation sites (tertiary alicyclic amines) is 1. The summed E-state index contributed by atoms with van der Waals surface area (Å²) < 4.78 is 11.7. The smallest absolute Gasteiger partial charge is 0.356 e. The molecule has 3 aliphatic rings. The first-order valence-electron chi connectivity index (χ1n) is 12.0. The molecule has 0 aromatic carbocycles. The molecule has 0 bridgehead atoms. The van der Waals surface area contributed by atoms with Crippen molar-refractivity contribution in [1.82, 2.24) is 9.88 Å². The fraction of sp³-hybridized carbons (Fsp3) is 0.750. The van der Waals surface area contributed by atoms with E-state index in [4.69, 9.17) is 9.47 Å². The van der Waals surface area contributed by atoms with Crippen molar-refractivity contribution in [2.45, 2.75) is 83.0 Å². The maximum absolute atomic E-state index is 12.0. The Morgan fingerprint density at radius 3 is 2.30 bits per heavy atom. The lowest BCUT2D eigenvalue weighted by Crippen LogP contribution is -2.47. The van der Waals surface area contributed by atoms with Crippen LogP contribution in [0.15, 0.2) is 18.3 Å². The van der Waals surface area contributed by atoms with Gasteiger partial charge in [-0.05, 0) is 57.1 Å². The van der Waals surface area contributed by atoms with E-state index in [-0.39, 0.29) is 5.97 Å². The summed E-state index contributed by atoms with van der Waals surface area (Å²) in [5.74, 6) is -0.328. The summed E-state index contributed by atoms with van der Waals surface area (Å²) >= 11 is 0. The van der Waals surface area contributed by atoms with Gasteiger partial charge in [-0.2, -0.15) is 0 Å². The minimum Gasteiger partial charge on any atom is -0.461 e. The Hall–Kier alpha value is -1.66. The van der Waals surface area contributed by atoms with Crippen LogP contribution in [0.2, 0.25) is 0 Å². The fourth-order valence-corrected chi connectivity index (χ4v) is 4.73. The first-order chi connectivity index (χ1) is 14.7. The van der Waals surface area contributed by atoms with Crippen LogP contribution in [0.1, 0.15) is 75.2 Å². The van der Waals surface area contributed by atoms with Gasteiger partial charge < -0.3 is 19.3 Å². The zero-order valence-electron chi connectivity index (χ0n) is 18.4. The summed E-state index contributed by atoms with van der Waals surface area (Å²) in [5.41, 5.74) is 1.47. The van der Waals surface area contributed by atoms with Crippen molar-refractivity contribution in [2.75, 3.05) is 37.7 Å². The number of hydrogen-bond donors (Lipinski definition) is 0. The first kappa shape index (κ1) is 21.6. The number of rotatable bonds is 8. The second-order valence-electron chi connectivity index (χ2n) is 9.03. The highest BCUT2D eigenvalue weighted by molar-refractivity contribution is 5.87. The standard InChI is InChI=1S/C24H37N3O3/c1-2-3-17-29-24(28)23-8-7-20(18-25-23)27-15-11-22(12-16-27)30-21-9-13-26(14-10-21)19-5-4-6-19/h7-8,18-19,21-22H,2-6,9-17H2,1H3. The van der Waals surface area contributed by atoms with Gasteiger partial charge in [0.25, 0.3) is 0 Å². The van der Waals surface area contributed by atoms with Crippen LogP contribution in [0.4, 0.5) is 5.69 Å². The van der Waals surface area contributed by atoms with E-state index in [1.807, 2.05) is 6.07 Å². The fourth-order valence-electron chi connectivity index (χ4n) is 4.73. The lowest BCUT2D eigenvalue weighted by Gasteiger charge is -2.43. The number of aromatic nitrogens is 1. The van der Waals surface area contributed by atoms with E-state index in [1.54, 1.807) is 12.3 Å². The summed E-state index contributed by atoms with van der Waals surface area (Å²) in [6.07, 6.45) is 13.2. The Kier molecular flexibility index (Phi) is 7.61. The molecule has 0 N–H and O–H groups in total. The van der Waals surface area contributed by atoms with Crippen LogP contribution in [0.25, 0.3) is 0 Å². The highest BCUT2D eigenvalue weighted by atomic mass is 16.5. The number of esters is 1.